The zero-order valence-electron chi connectivity index (χ0n) is 2.21. The third-order valence-electron chi connectivity index (χ3n) is 0. The van der Waals surface area contributed by atoms with E-state index in [1.54, 1.807) is 0 Å². The first-order chi connectivity index (χ1) is 0. The van der Waals surface area contributed by atoms with Gasteiger partial charge in [-0.15, -0.1) is 0 Å². The molecule has 4 heavy (non-hydrogen) atoms. The summed E-state index contributed by atoms with van der Waals surface area (Å²) in [5.74, 6) is 0. The molecule has 0 aliphatic carbocycles. The molecule has 0 unspecified atom stereocenters. The maximum Gasteiger partial charge on any atom is 0 e. The molecular weight excluding hydrogens is 304 g/mol. The molecule has 0 bridgehead atoms. The zero-order chi connectivity index (χ0) is 0. The molecule has 0 nitrogen and oxygen atoms in total. The largest absolute Gasteiger partial charge is 0 e. The summed E-state index contributed by atoms with van der Waals surface area (Å²) in [6, 6.07) is 0. The van der Waals surface area contributed by atoms with Gasteiger partial charge in [-0.3, -0.25) is 0 Å². The topological polar surface area (TPSA) is 0 Å². The molecule has 0 aromatic heterocycles. The molecule has 0 aliphatic rings. The van der Waals surface area contributed by atoms with Crippen molar-refractivity contribution in [2.24, 2.45) is 0 Å². The molecule has 0 amide bonds. The van der Waals surface area contributed by atoms with Gasteiger partial charge in [0, 0.05) is 113 Å². The van der Waals surface area contributed by atoms with E-state index < -0.39 is 0 Å². The van der Waals surface area contributed by atoms with Crippen LogP contribution in [0.15, 0.2) is 0 Å². The van der Waals surface area contributed by atoms with Gasteiger partial charge in [0.15, 0.2) is 0 Å². The minimum Gasteiger partial charge on any atom is 0 e. The van der Waals surface area contributed by atoms with Crippen molar-refractivity contribution >= 4 is 23.1 Å². The molecule has 0 saturated carbocycles. The molecule has 0 saturated heterocycles. The van der Waals surface area contributed by atoms with Gasteiger partial charge in [-0.1, -0.05) is 0 Å². The first-order valence-corrected chi connectivity index (χ1v) is 0. The Morgan fingerprint density at radius 2 is 1.00 bits per heavy atom. The van der Waals surface area contributed by atoms with Gasteiger partial charge in [-0.2, -0.15) is 0 Å². The summed E-state index contributed by atoms with van der Waals surface area (Å²) in [5.41, 5.74) is 0. The molecule has 0 heterocycles. The average Bonchev–Trinajstić information content (AvgIpc) is 0. The van der Waals surface area contributed by atoms with Gasteiger partial charge in [0.1, 0.15) is 0 Å². The van der Waals surface area contributed by atoms with E-state index in [9.17, 15) is 0 Å². The van der Waals surface area contributed by atoms with E-state index in [1.165, 1.54) is 0 Å². The van der Waals surface area contributed by atoms with Crippen LogP contribution in [0.25, 0.3) is 0 Å². The smallest absolute Gasteiger partial charge is 0 e. The molecule has 0 aromatic carbocycles. The van der Waals surface area contributed by atoms with Crippen molar-refractivity contribution in [3.63, 3.8) is 0 Å². The van der Waals surface area contributed by atoms with E-state index in [4.69, 9.17) is 0 Å². The van der Waals surface area contributed by atoms with Gasteiger partial charge in [-0.05, 0) is 0 Å². The SMILES string of the molecule is [Ce].[Mg].[Ti].[Zr]. The van der Waals surface area contributed by atoms with E-state index in [0.29, 0.717) is 0 Å². The first kappa shape index (κ1) is 25.1. The molecule has 0 aromatic rings. The molecule has 0 atom stereocenters. The Hall–Kier alpha value is 3.74. The van der Waals surface area contributed by atoms with Gasteiger partial charge < -0.3 is 0 Å². The fraction of sp³-hybridized carbons (Fsp3) is 0. The van der Waals surface area contributed by atoms with E-state index in [1.807, 2.05) is 0 Å². The van der Waals surface area contributed by atoms with Crippen molar-refractivity contribution in [1.29, 1.82) is 0 Å². The second-order valence-corrected chi connectivity index (χ2v) is 0. The van der Waals surface area contributed by atoms with Gasteiger partial charge >= 0.3 is 0 Å². The normalized spacial score (nSPS) is 0. The molecule has 0 rings (SSSR count). The van der Waals surface area contributed by atoms with Crippen LogP contribution in [0.2, 0.25) is 0 Å². The summed E-state index contributed by atoms with van der Waals surface area (Å²) in [6.07, 6.45) is 0. The van der Waals surface area contributed by atoms with E-state index >= 15 is 0 Å². The van der Waals surface area contributed by atoms with Crippen LogP contribution in [-0.2, 0) is 47.9 Å². The molecule has 4 heteroatoms. The first-order valence-electron chi connectivity index (χ1n) is 0. The summed E-state index contributed by atoms with van der Waals surface area (Å²) in [6.45, 7) is 0. The van der Waals surface area contributed by atoms with E-state index in [2.05, 4.69) is 0 Å². The third-order valence-corrected chi connectivity index (χ3v) is 0. The summed E-state index contributed by atoms with van der Waals surface area (Å²) < 4.78 is 0. The Morgan fingerprint density at radius 3 is 1.00 bits per heavy atom. The van der Waals surface area contributed by atoms with Gasteiger partial charge in [-0.25, -0.2) is 0 Å². The molecule has 14 valence electrons. The van der Waals surface area contributed by atoms with Crippen LogP contribution < -0.4 is 0 Å². The molecule has 0 fully saturated rings. The Kier molecular flexibility index (Phi) is 99.8. The Balaban J connectivity index is 0. The second kappa shape index (κ2) is 15.9. The molecule has 0 N–H and O–H groups in total. The zero-order valence-corrected chi connectivity index (χ0v) is 10.8. The monoisotopic (exact) mass is 302 g/mol. The standard InChI is InChI=1S/Ce.Mg.Ti.Zr. The van der Waals surface area contributed by atoms with E-state index in [0.717, 1.165) is 0 Å². The summed E-state index contributed by atoms with van der Waals surface area (Å²) in [5, 5.41) is 0. The van der Waals surface area contributed by atoms with Crippen LogP contribution in [0, 0.1) is 41.7 Å². The average molecular weight is 304 g/mol. The minimum atomic E-state index is 0. The number of hydrogen-bond donors (Lipinski definition) is 0. The van der Waals surface area contributed by atoms with Crippen LogP contribution in [0.1, 0.15) is 0 Å². The van der Waals surface area contributed by atoms with Crippen LogP contribution in [0.5, 0.6) is 0 Å². The van der Waals surface area contributed by atoms with Crippen LogP contribution in [0.4, 0.5) is 0 Å². The summed E-state index contributed by atoms with van der Waals surface area (Å²) >= 11 is 0. The Labute approximate surface area is 110 Å². The van der Waals surface area contributed by atoms with Crippen molar-refractivity contribution in [2.45, 2.75) is 0 Å². The van der Waals surface area contributed by atoms with Crippen molar-refractivity contribution in [3.05, 3.63) is 0 Å². The third kappa shape index (κ3) is 9.22. The van der Waals surface area contributed by atoms with Crippen molar-refractivity contribution < 1.29 is 89.7 Å². The quantitative estimate of drug-likeness (QED) is 0.535. The Morgan fingerprint density at radius 1 is 1.00 bits per heavy atom. The predicted molar refractivity (Wildman–Crippen MR) is 5.75 cm³/mol. The summed E-state index contributed by atoms with van der Waals surface area (Å²) in [4.78, 5) is 0. The van der Waals surface area contributed by atoms with Crippen molar-refractivity contribution in [1.82, 2.24) is 0 Å². The van der Waals surface area contributed by atoms with E-state index in [-0.39, 0.29) is 113 Å². The molecule has 0 aliphatic heterocycles. The van der Waals surface area contributed by atoms with Crippen LogP contribution >= 0.6 is 0 Å². The van der Waals surface area contributed by atoms with Gasteiger partial charge in [0.05, 0.1) is 0 Å². The maximum absolute atomic E-state index is 0. The Bertz CT molecular complexity index is 8.00. The fourth-order valence-corrected chi connectivity index (χ4v) is 0. The van der Waals surface area contributed by atoms with Gasteiger partial charge in [0.25, 0.3) is 0 Å². The second-order valence-electron chi connectivity index (χ2n) is 0. The van der Waals surface area contributed by atoms with Crippen molar-refractivity contribution in [3.8, 4) is 0 Å². The molecular formula is CeMgTiZr. The van der Waals surface area contributed by atoms with Crippen molar-refractivity contribution in [2.75, 3.05) is 0 Å². The van der Waals surface area contributed by atoms with Gasteiger partial charge in [0.2, 0.25) is 0 Å². The summed E-state index contributed by atoms with van der Waals surface area (Å²) in [7, 11) is 0. The number of hydrogen-bond acceptors (Lipinski definition) is 0. The molecule has 0 spiro atoms. The predicted octanol–water partition coefficient (Wildman–Crippen LogP) is -0.386. The minimum absolute atomic E-state index is 0. The van der Waals surface area contributed by atoms with Crippen LogP contribution in [-0.4, -0.2) is 23.1 Å². The maximum atomic E-state index is 0. The van der Waals surface area contributed by atoms with Crippen LogP contribution in [0.3, 0.4) is 0 Å². The number of rotatable bonds is 0. The molecule has 2 radical (unpaired) electrons. The fourth-order valence-electron chi connectivity index (χ4n) is 0.